The zero-order valence-electron chi connectivity index (χ0n) is 13.4. The summed E-state index contributed by atoms with van der Waals surface area (Å²) in [7, 11) is 0. The molecule has 0 saturated carbocycles. The highest BCUT2D eigenvalue weighted by Crippen LogP contribution is 2.26. The molecular formula is C18H16ClN3O2S. The first-order valence-corrected chi connectivity index (χ1v) is 8.93. The van der Waals surface area contributed by atoms with E-state index in [2.05, 4.69) is 15.3 Å². The van der Waals surface area contributed by atoms with Gasteiger partial charge in [-0.05, 0) is 36.6 Å². The maximum Gasteiger partial charge on any atom is 0.270 e. The molecule has 1 unspecified atom stereocenters. The summed E-state index contributed by atoms with van der Waals surface area (Å²) in [6.45, 7) is 1.58. The molecule has 7 heteroatoms. The van der Waals surface area contributed by atoms with E-state index in [-0.39, 0.29) is 24.2 Å². The Kier molecular flexibility index (Phi) is 5.43. The average molecular weight is 374 g/mol. The minimum atomic E-state index is -0.355. The Labute approximate surface area is 154 Å². The Bertz CT molecular complexity index is 867. The van der Waals surface area contributed by atoms with Crippen LogP contribution in [-0.2, 0) is 0 Å². The van der Waals surface area contributed by atoms with Crippen LogP contribution in [0.25, 0.3) is 22.0 Å². The van der Waals surface area contributed by atoms with Crippen molar-refractivity contribution in [3.63, 3.8) is 0 Å². The molecule has 0 aliphatic heterocycles. The van der Waals surface area contributed by atoms with Gasteiger partial charge in [-0.1, -0.05) is 29.8 Å². The summed E-state index contributed by atoms with van der Waals surface area (Å²) in [6.07, 6.45) is 0. The molecule has 0 aliphatic carbocycles. The van der Waals surface area contributed by atoms with E-state index in [9.17, 15) is 4.79 Å². The number of aromatic nitrogens is 2. The van der Waals surface area contributed by atoms with Crippen molar-refractivity contribution in [3.8, 4) is 22.0 Å². The number of amides is 1. The van der Waals surface area contributed by atoms with Crippen LogP contribution in [0.5, 0.6) is 0 Å². The summed E-state index contributed by atoms with van der Waals surface area (Å²) < 4.78 is 0. The number of rotatable bonds is 5. The third-order valence-corrected chi connectivity index (χ3v) is 4.61. The second-order valence-electron chi connectivity index (χ2n) is 5.50. The highest BCUT2D eigenvalue weighted by molar-refractivity contribution is 7.13. The number of nitrogens with zero attached hydrogens (tertiary/aromatic N) is 2. The molecule has 0 aliphatic rings. The van der Waals surface area contributed by atoms with Crippen LogP contribution in [0.15, 0.2) is 47.8 Å². The molecule has 1 amide bonds. The fourth-order valence-electron chi connectivity index (χ4n) is 2.19. The van der Waals surface area contributed by atoms with Gasteiger partial charge in [0, 0.05) is 16.6 Å². The van der Waals surface area contributed by atoms with Gasteiger partial charge >= 0.3 is 0 Å². The second-order valence-corrected chi connectivity index (χ2v) is 6.89. The molecule has 1 aromatic carbocycles. The predicted octanol–water partition coefficient (Wildman–Crippen LogP) is 3.64. The Hall–Kier alpha value is -2.28. The van der Waals surface area contributed by atoms with E-state index in [1.807, 2.05) is 29.6 Å². The van der Waals surface area contributed by atoms with Gasteiger partial charge in [0.25, 0.3) is 5.91 Å². The smallest absolute Gasteiger partial charge is 0.270 e. The van der Waals surface area contributed by atoms with Crippen LogP contribution >= 0.6 is 22.9 Å². The molecule has 128 valence electrons. The standard InChI is InChI=1S/C18H16ClN3O2S/c1-11(10-23)20-18(24)15-9-14(12-4-6-13(19)7-5-12)21-17(22-15)16-3-2-8-25-16/h2-9,11,23H,10H2,1H3,(H,20,24). The second kappa shape index (κ2) is 7.74. The minimum absolute atomic E-state index is 0.140. The Balaban J connectivity index is 2.05. The molecule has 2 N–H and O–H groups in total. The van der Waals surface area contributed by atoms with Crippen LogP contribution in [0.3, 0.4) is 0 Å². The number of carbonyl (C=O) groups excluding carboxylic acids is 1. The van der Waals surface area contributed by atoms with Crippen LogP contribution in [-0.4, -0.2) is 33.6 Å². The van der Waals surface area contributed by atoms with Crippen molar-refractivity contribution >= 4 is 28.8 Å². The molecule has 0 bridgehead atoms. The van der Waals surface area contributed by atoms with Gasteiger partial charge in [0.05, 0.1) is 17.2 Å². The van der Waals surface area contributed by atoms with E-state index in [1.165, 1.54) is 11.3 Å². The lowest BCUT2D eigenvalue weighted by Gasteiger charge is -2.12. The Morgan fingerprint density at radius 1 is 1.28 bits per heavy atom. The van der Waals surface area contributed by atoms with E-state index in [4.69, 9.17) is 16.7 Å². The summed E-state index contributed by atoms with van der Waals surface area (Å²) >= 11 is 7.45. The van der Waals surface area contributed by atoms with Crippen molar-refractivity contribution in [3.05, 3.63) is 58.6 Å². The lowest BCUT2D eigenvalue weighted by atomic mass is 10.1. The number of benzene rings is 1. The van der Waals surface area contributed by atoms with Crippen molar-refractivity contribution in [1.82, 2.24) is 15.3 Å². The van der Waals surface area contributed by atoms with Gasteiger partial charge in [0.15, 0.2) is 5.82 Å². The first-order valence-electron chi connectivity index (χ1n) is 7.67. The molecule has 3 rings (SSSR count). The lowest BCUT2D eigenvalue weighted by molar-refractivity contribution is 0.0917. The maximum atomic E-state index is 12.4. The first-order chi connectivity index (χ1) is 12.1. The number of nitrogens with one attached hydrogen (secondary N) is 1. The monoisotopic (exact) mass is 373 g/mol. The van der Waals surface area contributed by atoms with Crippen molar-refractivity contribution in [2.45, 2.75) is 13.0 Å². The number of halogens is 1. The van der Waals surface area contributed by atoms with E-state index < -0.39 is 0 Å². The topological polar surface area (TPSA) is 75.1 Å². The molecule has 3 aromatic rings. The van der Waals surface area contributed by atoms with Crippen molar-refractivity contribution < 1.29 is 9.90 Å². The van der Waals surface area contributed by atoms with Gasteiger partial charge < -0.3 is 10.4 Å². The number of carbonyl (C=O) groups is 1. The molecule has 0 radical (unpaired) electrons. The minimum Gasteiger partial charge on any atom is -0.394 e. The van der Waals surface area contributed by atoms with E-state index in [0.29, 0.717) is 16.5 Å². The number of hydrogen-bond acceptors (Lipinski definition) is 5. The van der Waals surface area contributed by atoms with Crippen molar-refractivity contribution in [1.29, 1.82) is 0 Å². The molecule has 5 nitrogen and oxygen atoms in total. The highest BCUT2D eigenvalue weighted by atomic mass is 35.5. The fraction of sp³-hybridized carbons (Fsp3) is 0.167. The number of hydrogen-bond donors (Lipinski definition) is 2. The third kappa shape index (κ3) is 4.22. The zero-order chi connectivity index (χ0) is 17.8. The predicted molar refractivity (Wildman–Crippen MR) is 99.8 cm³/mol. The van der Waals surface area contributed by atoms with Gasteiger partial charge in [-0.2, -0.15) is 0 Å². The fourth-order valence-corrected chi connectivity index (χ4v) is 2.98. The summed E-state index contributed by atoms with van der Waals surface area (Å²) in [5.74, 6) is 0.140. The largest absolute Gasteiger partial charge is 0.394 e. The molecule has 0 saturated heterocycles. The number of aliphatic hydroxyl groups is 1. The molecule has 25 heavy (non-hydrogen) atoms. The SMILES string of the molecule is CC(CO)NC(=O)c1cc(-c2ccc(Cl)cc2)nc(-c2cccs2)n1. The maximum absolute atomic E-state index is 12.4. The van der Waals surface area contributed by atoms with E-state index in [0.717, 1.165) is 10.4 Å². The van der Waals surface area contributed by atoms with E-state index in [1.54, 1.807) is 25.1 Å². The summed E-state index contributed by atoms with van der Waals surface area (Å²) in [6, 6.07) is 12.3. The van der Waals surface area contributed by atoms with Crippen molar-refractivity contribution in [2.24, 2.45) is 0 Å². The van der Waals surface area contributed by atoms with E-state index >= 15 is 0 Å². The average Bonchev–Trinajstić information content (AvgIpc) is 3.16. The highest BCUT2D eigenvalue weighted by Gasteiger charge is 2.16. The van der Waals surface area contributed by atoms with Crippen molar-refractivity contribution in [2.75, 3.05) is 6.61 Å². The molecule has 0 fully saturated rings. The third-order valence-electron chi connectivity index (χ3n) is 3.49. The molecule has 1 atom stereocenters. The molecular weight excluding hydrogens is 358 g/mol. The van der Waals surface area contributed by atoms with Gasteiger partial charge in [-0.25, -0.2) is 9.97 Å². The van der Waals surface area contributed by atoms with Gasteiger partial charge in [-0.3, -0.25) is 4.79 Å². The Morgan fingerprint density at radius 3 is 2.68 bits per heavy atom. The molecule has 2 aromatic heterocycles. The van der Waals surface area contributed by atoms with Crippen LogP contribution in [0.2, 0.25) is 5.02 Å². The number of aliphatic hydroxyl groups excluding tert-OH is 1. The lowest BCUT2D eigenvalue weighted by Crippen LogP contribution is -2.35. The summed E-state index contributed by atoms with van der Waals surface area (Å²) in [4.78, 5) is 22.3. The van der Waals surface area contributed by atoms with Crippen LogP contribution in [0, 0.1) is 0 Å². The summed E-state index contributed by atoms with van der Waals surface area (Å²) in [5.41, 5.74) is 1.73. The van der Waals surface area contributed by atoms with Gasteiger partial charge in [0.1, 0.15) is 5.69 Å². The zero-order valence-corrected chi connectivity index (χ0v) is 15.0. The van der Waals surface area contributed by atoms with Gasteiger partial charge in [0.2, 0.25) is 0 Å². The normalized spacial score (nSPS) is 12.0. The quantitative estimate of drug-likeness (QED) is 0.716. The molecule has 0 spiro atoms. The van der Waals surface area contributed by atoms with Crippen LogP contribution in [0.4, 0.5) is 0 Å². The Morgan fingerprint density at radius 2 is 2.04 bits per heavy atom. The van der Waals surface area contributed by atoms with Crippen LogP contribution in [0.1, 0.15) is 17.4 Å². The molecule has 2 heterocycles. The number of thiophene rings is 1. The van der Waals surface area contributed by atoms with Gasteiger partial charge in [-0.15, -0.1) is 11.3 Å². The summed E-state index contributed by atoms with van der Waals surface area (Å²) in [5, 5.41) is 14.4. The van der Waals surface area contributed by atoms with Crippen LogP contribution < -0.4 is 5.32 Å². The first kappa shape index (κ1) is 17.5.